The first-order valence-corrected chi connectivity index (χ1v) is 5.01. The molecule has 1 heterocycles. The second-order valence-corrected chi connectivity index (χ2v) is 3.43. The molecule has 0 spiro atoms. The Bertz CT molecular complexity index is 432. The largest absolute Gasteiger partial charge is 0.462 e. The van der Waals surface area contributed by atoms with Crippen LogP contribution >= 0.6 is 0 Å². The molecule has 0 aromatic rings. The van der Waals surface area contributed by atoms with E-state index in [-0.39, 0.29) is 18.6 Å². The summed E-state index contributed by atoms with van der Waals surface area (Å²) in [5, 5.41) is 0.336. The van der Waals surface area contributed by atoms with Crippen molar-refractivity contribution in [2.75, 3.05) is 6.61 Å². The molecule has 7 nitrogen and oxygen atoms in total. The fourth-order valence-electron chi connectivity index (χ4n) is 0.974. The van der Waals surface area contributed by atoms with E-state index in [0.717, 1.165) is 12.2 Å². The van der Waals surface area contributed by atoms with Gasteiger partial charge in [-0.15, -0.1) is 0 Å². The minimum Gasteiger partial charge on any atom is -0.462 e. The van der Waals surface area contributed by atoms with E-state index in [1.165, 1.54) is 6.92 Å². The van der Waals surface area contributed by atoms with Crippen LogP contribution in [0.25, 0.3) is 0 Å². The van der Waals surface area contributed by atoms with Crippen LogP contribution in [0.4, 0.5) is 0 Å². The number of esters is 1. The van der Waals surface area contributed by atoms with Gasteiger partial charge < -0.3 is 9.57 Å². The van der Waals surface area contributed by atoms with Crippen LogP contribution in [0, 0.1) is 0 Å². The SMILES string of the molecule is C=C(C)C(=O)OCCC(=O)ON1C(=O)C=CC1=O. The quantitative estimate of drug-likeness (QED) is 0.385. The molecular weight excluding hydrogens is 242 g/mol. The van der Waals surface area contributed by atoms with E-state index in [4.69, 9.17) is 0 Å². The molecule has 96 valence electrons. The van der Waals surface area contributed by atoms with Gasteiger partial charge in [-0.3, -0.25) is 9.59 Å². The van der Waals surface area contributed by atoms with Crippen molar-refractivity contribution in [3.05, 3.63) is 24.3 Å². The van der Waals surface area contributed by atoms with Crippen molar-refractivity contribution < 1.29 is 28.8 Å². The standard InChI is InChI=1S/C11H11NO6/c1-7(2)11(16)17-6-5-10(15)18-12-8(13)3-4-9(12)14/h3-4H,1,5-6H2,2H3. The highest BCUT2D eigenvalue weighted by atomic mass is 16.7. The molecular formula is C11H11NO6. The Morgan fingerprint density at radius 2 is 1.83 bits per heavy atom. The molecule has 0 radical (unpaired) electrons. The second kappa shape index (κ2) is 5.76. The van der Waals surface area contributed by atoms with Crippen LogP contribution in [0.3, 0.4) is 0 Å². The molecule has 0 aliphatic carbocycles. The number of hydroxylamine groups is 2. The highest BCUT2D eigenvalue weighted by Gasteiger charge is 2.27. The number of carbonyl (C=O) groups is 4. The van der Waals surface area contributed by atoms with Crippen LogP contribution in [0.5, 0.6) is 0 Å². The lowest BCUT2D eigenvalue weighted by Crippen LogP contribution is -2.33. The maximum atomic E-state index is 11.2. The summed E-state index contributed by atoms with van der Waals surface area (Å²) in [7, 11) is 0. The van der Waals surface area contributed by atoms with Crippen molar-refractivity contribution in [1.82, 2.24) is 5.06 Å². The van der Waals surface area contributed by atoms with Gasteiger partial charge in [0.05, 0.1) is 6.42 Å². The smallest absolute Gasteiger partial charge is 0.336 e. The molecule has 0 atom stereocenters. The summed E-state index contributed by atoms with van der Waals surface area (Å²) < 4.78 is 4.65. The van der Waals surface area contributed by atoms with Crippen LogP contribution in [-0.2, 0) is 28.8 Å². The molecule has 1 aliphatic rings. The molecule has 2 amide bonds. The van der Waals surface area contributed by atoms with E-state index in [1.807, 2.05) is 0 Å². The lowest BCUT2D eigenvalue weighted by Gasteiger charge is -2.12. The van der Waals surface area contributed by atoms with Crippen LogP contribution in [0.2, 0.25) is 0 Å². The van der Waals surface area contributed by atoms with Gasteiger partial charge in [-0.05, 0) is 6.92 Å². The fourth-order valence-corrected chi connectivity index (χ4v) is 0.974. The summed E-state index contributed by atoms with van der Waals surface area (Å²) in [6.45, 7) is 4.61. The summed E-state index contributed by atoms with van der Waals surface area (Å²) in [6, 6.07) is 0. The van der Waals surface area contributed by atoms with Crippen LogP contribution < -0.4 is 0 Å². The van der Waals surface area contributed by atoms with Gasteiger partial charge in [-0.2, -0.15) is 0 Å². The monoisotopic (exact) mass is 253 g/mol. The number of imide groups is 1. The molecule has 18 heavy (non-hydrogen) atoms. The molecule has 0 fully saturated rings. The van der Waals surface area contributed by atoms with Crippen molar-refractivity contribution in [2.45, 2.75) is 13.3 Å². The molecule has 7 heteroatoms. The number of amides is 2. The number of carbonyl (C=O) groups excluding carboxylic acids is 4. The zero-order chi connectivity index (χ0) is 13.7. The third kappa shape index (κ3) is 3.55. The van der Waals surface area contributed by atoms with Crippen molar-refractivity contribution in [3.8, 4) is 0 Å². The first-order valence-electron chi connectivity index (χ1n) is 5.01. The lowest BCUT2D eigenvalue weighted by molar-refractivity contribution is -0.196. The average molecular weight is 253 g/mol. The maximum Gasteiger partial charge on any atom is 0.336 e. The third-order valence-corrected chi connectivity index (χ3v) is 1.85. The molecule has 1 aliphatic heterocycles. The van der Waals surface area contributed by atoms with Crippen LogP contribution in [0.15, 0.2) is 24.3 Å². The average Bonchev–Trinajstić information content (AvgIpc) is 2.60. The highest BCUT2D eigenvalue weighted by Crippen LogP contribution is 2.05. The zero-order valence-corrected chi connectivity index (χ0v) is 9.67. The number of hydrogen-bond acceptors (Lipinski definition) is 6. The van der Waals surface area contributed by atoms with Gasteiger partial charge in [-0.1, -0.05) is 11.6 Å². The molecule has 0 aromatic carbocycles. The van der Waals surface area contributed by atoms with Gasteiger partial charge in [0, 0.05) is 17.7 Å². The number of ether oxygens (including phenoxy) is 1. The zero-order valence-electron chi connectivity index (χ0n) is 9.67. The van der Waals surface area contributed by atoms with Gasteiger partial charge in [0.25, 0.3) is 11.8 Å². The Kier molecular flexibility index (Phi) is 4.36. The van der Waals surface area contributed by atoms with E-state index in [1.54, 1.807) is 0 Å². The molecule has 1 rings (SSSR count). The summed E-state index contributed by atoms with van der Waals surface area (Å²) in [6.07, 6.45) is 1.70. The number of rotatable bonds is 5. The van der Waals surface area contributed by atoms with Crippen molar-refractivity contribution in [2.24, 2.45) is 0 Å². The summed E-state index contributed by atoms with van der Waals surface area (Å²) in [5.41, 5.74) is 0.206. The van der Waals surface area contributed by atoms with E-state index < -0.39 is 23.8 Å². The molecule has 0 N–H and O–H groups in total. The second-order valence-electron chi connectivity index (χ2n) is 3.43. The van der Waals surface area contributed by atoms with E-state index in [2.05, 4.69) is 16.2 Å². The van der Waals surface area contributed by atoms with Crippen LogP contribution in [-0.4, -0.2) is 35.4 Å². The maximum absolute atomic E-state index is 11.2. The molecule has 0 saturated heterocycles. The molecule has 0 bridgehead atoms. The Morgan fingerprint density at radius 1 is 1.28 bits per heavy atom. The minimum absolute atomic E-state index is 0.206. The van der Waals surface area contributed by atoms with E-state index in [0.29, 0.717) is 5.06 Å². The minimum atomic E-state index is -0.852. The lowest BCUT2D eigenvalue weighted by atomic mass is 10.4. The van der Waals surface area contributed by atoms with E-state index in [9.17, 15) is 19.2 Å². The highest BCUT2D eigenvalue weighted by molar-refractivity contribution is 6.12. The predicted octanol–water partition coefficient (Wildman–Crippen LogP) is -0.121. The van der Waals surface area contributed by atoms with Crippen molar-refractivity contribution >= 4 is 23.8 Å². The number of nitrogens with zero attached hydrogens (tertiary/aromatic N) is 1. The number of hydrogen-bond donors (Lipinski definition) is 0. The predicted molar refractivity (Wildman–Crippen MR) is 57.5 cm³/mol. The van der Waals surface area contributed by atoms with Crippen molar-refractivity contribution in [1.29, 1.82) is 0 Å². The van der Waals surface area contributed by atoms with Gasteiger partial charge >= 0.3 is 11.9 Å². The van der Waals surface area contributed by atoms with Gasteiger partial charge in [-0.25, -0.2) is 9.59 Å². The summed E-state index contributed by atoms with van der Waals surface area (Å²) >= 11 is 0. The Balaban J connectivity index is 2.30. The van der Waals surface area contributed by atoms with Gasteiger partial charge in [0.2, 0.25) is 0 Å². The summed E-state index contributed by atoms with van der Waals surface area (Å²) in [4.78, 5) is 48.8. The van der Waals surface area contributed by atoms with E-state index >= 15 is 0 Å². The van der Waals surface area contributed by atoms with Crippen molar-refractivity contribution in [3.63, 3.8) is 0 Å². The van der Waals surface area contributed by atoms with Gasteiger partial charge in [0.1, 0.15) is 6.61 Å². The Morgan fingerprint density at radius 3 is 2.33 bits per heavy atom. The first kappa shape index (κ1) is 13.6. The fraction of sp³-hybridized carbons (Fsp3) is 0.273. The topological polar surface area (TPSA) is 90.0 Å². The molecule has 0 unspecified atom stereocenters. The van der Waals surface area contributed by atoms with Gasteiger partial charge in [0.15, 0.2) is 0 Å². The molecule has 0 aromatic heterocycles. The molecule has 0 saturated carbocycles. The summed E-state index contributed by atoms with van der Waals surface area (Å²) in [5.74, 6) is -2.94. The Labute approximate surface area is 103 Å². The normalized spacial score (nSPS) is 13.7. The Hall–Kier alpha value is -2.44. The van der Waals surface area contributed by atoms with Crippen LogP contribution in [0.1, 0.15) is 13.3 Å². The third-order valence-electron chi connectivity index (χ3n) is 1.85. The first-order chi connectivity index (χ1) is 8.41.